The second kappa shape index (κ2) is 6.98. The van der Waals surface area contributed by atoms with Crippen molar-refractivity contribution >= 4 is 5.78 Å². The summed E-state index contributed by atoms with van der Waals surface area (Å²) in [4.78, 5) is 14.6. The van der Waals surface area contributed by atoms with Crippen LogP contribution in [0.3, 0.4) is 0 Å². The lowest BCUT2D eigenvalue weighted by Crippen LogP contribution is -2.40. The van der Waals surface area contributed by atoms with Crippen LogP contribution in [0.5, 0.6) is 0 Å². The zero-order chi connectivity index (χ0) is 14.5. The second-order valence-electron chi connectivity index (χ2n) is 6.15. The third kappa shape index (κ3) is 4.41. The Morgan fingerprint density at radius 3 is 2.95 bits per heavy atom. The van der Waals surface area contributed by atoms with Crippen molar-refractivity contribution in [2.45, 2.75) is 45.6 Å². The van der Waals surface area contributed by atoms with Crippen LogP contribution in [-0.4, -0.2) is 29.8 Å². The number of piperidine rings is 1. The number of rotatable bonds is 5. The first-order valence-electron chi connectivity index (χ1n) is 7.55. The van der Waals surface area contributed by atoms with Crippen molar-refractivity contribution in [1.29, 1.82) is 0 Å². The van der Waals surface area contributed by atoms with E-state index in [2.05, 4.69) is 18.7 Å². The fraction of sp³-hybridized carbons (Fsp3) is 0.588. The molecule has 0 aromatic heterocycles. The molecule has 0 unspecified atom stereocenters. The van der Waals surface area contributed by atoms with Crippen molar-refractivity contribution in [2.75, 3.05) is 13.1 Å². The Balaban J connectivity index is 1.85. The van der Waals surface area contributed by atoms with Crippen LogP contribution >= 0.6 is 0 Å². The molecule has 2 rings (SSSR count). The third-order valence-electron chi connectivity index (χ3n) is 4.09. The molecule has 1 aromatic rings. The molecule has 1 aliphatic rings. The fourth-order valence-electron chi connectivity index (χ4n) is 3.00. The Hall–Kier alpha value is -1.22. The average molecular weight is 277 g/mol. The van der Waals surface area contributed by atoms with Crippen molar-refractivity contribution in [3.63, 3.8) is 0 Å². The number of carbonyl (C=O) groups is 1. The van der Waals surface area contributed by atoms with Gasteiger partial charge in [0.25, 0.3) is 0 Å². The van der Waals surface area contributed by atoms with Gasteiger partial charge in [-0.1, -0.05) is 12.1 Å². The highest BCUT2D eigenvalue weighted by Crippen LogP contribution is 2.22. The molecule has 1 saturated heterocycles. The number of likely N-dealkylation sites (tertiary alicyclic amines) is 1. The van der Waals surface area contributed by atoms with Gasteiger partial charge in [-0.2, -0.15) is 0 Å². The van der Waals surface area contributed by atoms with E-state index in [-0.39, 0.29) is 11.6 Å². The Morgan fingerprint density at radius 1 is 1.45 bits per heavy atom. The van der Waals surface area contributed by atoms with E-state index in [4.69, 9.17) is 0 Å². The highest BCUT2D eigenvalue weighted by molar-refractivity contribution is 5.81. The van der Waals surface area contributed by atoms with Crippen LogP contribution in [0.2, 0.25) is 0 Å². The summed E-state index contributed by atoms with van der Waals surface area (Å²) >= 11 is 0. The molecular formula is C17H24FNO. The Morgan fingerprint density at radius 2 is 2.25 bits per heavy atom. The van der Waals surface area contributed by atoms with Crippen molar-refractivity contribution < 1.29 is 9.18 Å². The van der Waals surface area contributed by atoms with Gasteiger partial charge in [-0.3, -0.25) is 4.79 Å². The number of Topliss-reactive ketones (excluding diaryl/α,β-unsaturated/α-hetero) is 1. The smallest absolute Gasteiger partial charge is 0.137 e. The molecule has 0 N–H and O–H groups in total. The van der Waals surface area contributed by atoms with Crippen LogP contribution in [0.15, 0.2) is 24.3 Å². The fourth-order valence-corrected chi connectivity index (χ4v) is 3.00. The molecule has 0 saturated carbocycles. The van der Waals surface area contributed by atoms with E-state index in [0.717, 1.165) is 25.1 Å². The number of hydrogen-bond donors (Lipinski definition) is 0. The molecule has 1 aromatic carbocycles. The van der Waals surface area contributed by atoms with Crippen LogP contribution in [0.4, 0.5) is 4.39 Å². The molecule has 1 atom stereocenters. The largest absolute Gasteiger partial charge is 0.301 e. The molecule has 0 aliphatic carbocycles. The minimum atomic E-state index is -0.265. The monoisotopic (exact) mass is 277 g/mol. The van der Waals surface area contributed by atoms with E-state index < -0.39 is 0 Å². The molecule has 1 aliphatic heterocycles. The van der Waals surface area contributed by atoms with E-state index >= 15 is 0 Å². The quantitative estimate of drug-likeness (QED) is 0.821. The maximum Gasteiger partial charge on any atom is 0.137 e. The van der Waals surface area contributed by atoms with E-state index in [1.807, 2.05) is 6.07 Å². The van der Waals surface area contributed by atoms with Gasteiger partial charge in [-0.15, -0.1) is 0 Å². The molecule has 0 amide bonds. The van der Waals surface area contributed by atoms with E-state index in [0.29, 0.717) is 24.8 Å². The summed E-state index contributed by atoms with van der Waals surface area (Å²) in [5.41, 5.74) is 0.784. The number of carbonyl (C=O) groups excluding carboxylic acids is 1. The van der Waals surface area contributed by atoms with Gasteiger partial charge >= 0.3 is 0 Å². The maximum absolute atomic E-state index is 13.1. The van der Waals surface area contributed by atoms with Crippen LogP contribution in [0, 0.1) is 11.7 Å². The van der Waals surface area contributed by atoms with E-state index in [1.54, 1.807) is 6.07 Å². The van der Waals surface area contributed by atoms with Gasteiger partial charge in [-0.25, -0.2) is 4.39 Å². The van der Waals surface area contributed by atoms with Crippen LogP contribution in [0.25, 0.3) is 0 Å². The summed E-state index contributed by atoms with van der Waals surface area (Å²) in [5.74, 6) is 0.428. The summed E-state index contributed by atoms with van der Waals surface area (Å²) in [5, 5.41) is 0. The standard InChI is InChI=1S/C17H24FNO/c1-13(2)19-8-4-6-15(12-19)11-17(20)10-14-5-3-7-16(18)9-14/h3,5,7,9,13,15H,4,6,8,10-12H2,1-2H3/t15-/m0/s1. The number of ketones is 1. The van der Waals surface area contributed by atoms with Crippen molar-refractivity contribution in [3.8, 4) is 0 Å². The number of halogens is 1. The molecule has 0 radical (unpaired) electrons. The minimum absolute atomic E-state index is 0.228. The number of benzene rings is 1. The summed E-state index contributed by atoms with van der Waals surface area (Å²) in [7, 11) is 0. The van der Waals surface area contributed by atoms with Crippen molar-refractivity contribution in [3.05, 3.63) is 35.6 Å². The van der Waals surface area contributed by atoms with Crippen LogP contribution in [0.1, 0.15) is 38.7 Å². The summed E-state index contributed by atoms with van der Waals surface area (Å²) in [6.45, 7) is 6.58. The van der Waals surface area contributed by atoms with E-state index in [9.17, 15) is 9.18 Å². The van der Waals surface area contributed by atoms with Gasteiger partial charge in [0.2, 0.25) is 0 Å². The molecule has 0 bridgehead atoms. The molecular weight excluding hydrogens is 253 g/mol. The summed E-state index contributed by atoms with van der Waals surface area (Å²) in [6.07, 6.45) is 3.30. The summed E-state index contributed by atoms with van der Waals surface area (Å²) < 4.78 is 13.1. The first kappa shape index (κ1) is 15.2. The number of hydrogen-bond acceptors (Lipinski definition) is 2. The zero-order valence-corrected chi connectivity index (χ0v) is 12.4. The van der Waals surface area contributed by atoms with Crippen LogP contribution in [-0.2, 0) is 11.2 Å². The Labute approximate surface area is 121 Å². The lowest BCUT2D eigenvalue weighted by atomic mass is 9.90. The van der Waals surface area contributed by atoms with E-state index in [1.165, 1.54) is 18.6 Å². The minimum Gasteiger partial charge on any atom is -0.301 e. The molecule has 1 heterocycles. The predicted molar refractivity (Wildman–Crippen MR) is 79.2 cm³/mol. The normalized spacial score (nSPS) is 20.3. The van der Waals surface area contributed by atoms with Gasteiger partial charge in [0.15, 0.2) is 0 Å². The van der Waals surface area contributed by atoms with Gasteiger partial charge in [0.05, 0.1) is 0 Å². The molecule has 110 valence electrons. The lowest BCUT2D eigenvalue weighted by Gasteiger charge is -2.35. The molecule has 20 heavy (non-hydrogen) atoms. The first-order chi connectivity index (χ1) is 9.54. The first-order valence-corrected chi connectivity index (χ1v) is 7.55. The van der Waals surface area contributed by atoms with Crippen molar-refractivity contribution in [2.24, 2.45) is 5.92 Å². The topological polar surface area (TPSA) is 20.3 Å². The predicted octanol–water partition coefficient (Wildman–Crippen LogP) is 3.45. The van der Waals surface area contributed by atoms with Crippen LogP contribution < -0.4 is 0 Å². The van der Waals surface area contributed by atoms with Gasteiger partial charge in [0, 0.05) is 25.4 Å². The summed E-state index contributed by atoms with van der Waals surface area (Å²) in [6, 6.07) is 6.91. The second-order valence-corrected chi connectivity index (χ2v) is 6.15. The molecule has 1 fully saturated rings. The van der Waals surface area contributed by atoms with Gasteiger partial charge in [-0.05, 0) is 56.8 Å². The SMILES string of the molecule is CC(C)N1CCC[C@@H](CC(=O)Cc2cccc(F)c2)C1. The highest BCUT2D eigenvalue weighted by Gasteiger charge is 2.23. The van der Waals surface area contributed by atoms with Gasteiger partial charge in [0.1, 0.15) is 11.6 Å². The Bertz CT molecular complexity index is 458. The maximum atomic E-state index is 13.1. The molecule has 3 heteroatoms. The molecule has 0 spiro atoms. The molecule has 2 nitrogen and oxygen atoms in total. The van der Waals surface area contributed by atoms with Crippen molar-refractivity contribution in [1.82, 2.24) is 4.90 Å². The zero-order valence-electron chi connectivity index (χ0n) is 12.4. The highest BCUT2D eigenvalue weighted by atomic mass is 19.1. The van der Waals surface area contributed by atoms with Gasteiger partial charge < -0.3 is 4.90 Å². The lowest BCUT2D eigenvalue weighted by molar-refractivity contribution is -0.119. The average Bonchev–Trinajstić information content (AvgIpc) is 2.38. The Kier molecular flexibility index (Phi) is 5.30. The number of nitrogens with zero attached hydrogens (tertiary/aromatic N) is 1. The third-order valence-corrected chi connectivity index (χ3v) is 4.09.